The van der Waals surface area contributed by atoms with Crippen LogP contribution < -0.4 is 10.9 Å². The van der Waals surface area contributed by atoms with Gasteiger partial charge in [0.25, 0.3) is 5.56 Å². The van der Waals surface area contributed by atoms with Crippen LogP contribution in [0.5, 0.6) is 5.88 Å². The Kier molecular flexibility index (Phi) is 3.57. The van der Waals surface area contributed by atoms with E-state index in [1.54, 1.807) is 12.1 Å². The minimum atomic E-state index is -0.516. The molecule has 0 unspecified atom stereocenters. The second-order valence-corrected chi connectivity index (χ2v) is 4.61. The molecule has 0 saturated heterocycles. The fourth-order valence-corrected chi connectivity index (χ4v) is 2.06. The van der Waals surface area contributed by atoms with Gasteiger partial charge in [-0.2, -0.15) is 4.98 Å². The van der Waals surface area contributed by atoms with Crippen molar-refractivity contribution in [3.63, 3.8) is 0 Å². The first-order chi connectivity index (χ1) is 10.6. The molecule has 0 atom stereocenters. The van der Waals surface area contributed by atoms with Gasteiger partial charge in [-0.3, -0.25) is 9.78 Å². The number of anilines is 2. The molecule has 6 heteroatoms. The maximum absolute atomic E-state index is 12.9. The second kappa shape index (κ2) is 5.69. The van der Waals surface area contributed by atoms with Crippen LogP contribution in [0.25, 0.3) is 11.1 Å². The highest BCUT2D eigenvalue weighted by molar-refractivity contribution is 5.68. The molecule has 2 aromatic carbocycles. The number of aromatic hydroxyl groups is 1. The molecule has 3 aromatic rings. The van der Waals surface area contributed by atoms with Gasteiger partial charge in [-0.1, -0.05) is 30.3 Å². The van der Waals surface area contributed by atoms with Gasteiger partial charge >= 0.3 is 0 Å². The summed E-state index contributed by atoms with van der Waals surface area (Å²) in [5, 5.41) is 12.9. The maximum Gasteiger partial charge on any atom is 0.264 e. The Morgan fingerprint density at radius 2 is 1.73 bits per heavy atom. The zero-order valence-electron chi connectivity index (χ0n) is 11.4. The SMILES string of the molecule is O=c1[nH]c(Nc2ccccc2)nc(O)c1-c1ccc(F)cc1. The van der Waals surface area contributed by atoms with E-state index in [2.05, 4.69) is 15.3 Å². The number of hydrogen-bond acceptors (Lipinski definition) is 4. The Bertz CT molecular complexity index is 846. The highest BCUT2D eigenvalue weighted by Gasteiger charge is 2.13. The molecule has 0 amide bonds. The Morgan fingerprint density at radius 1 is 1.05 bits per heavy atom. The number of rotatable bonds is 3. The Hall–Kier alpha value is -3.15. The molecule has 0 bridgehead atoms. The van der Waals surface area contributed by atoms with E-state index in [1.165, 1.54) is 24.3 Å². The fraction of sp³-hybridized carbons (Fsp3) is 0. The van der Waals surface area contributed by atoms with E-state index >= 15 is 0 Å². The normalized spacial score (nSPS) is 10.4. The Morgan fingerprint density at radius 3 is 2.36 bits per heavy atom. The van der Waals surface area contributed by atoms with Crippen molar-refractivity contribution in [2.75, 3.05) is 5.32 Å². The minimum Gasteiger partial charge on any atom is -0.493 e. The third-order valence-electron chi connectivity index (χ3n) is 3.07. The largest absolute Gasteiger partial charge is 0.493 e. The summed E-state index contributed by atoms with van der Waals surface area (Å²) >= 11 is 0. The van der Waals surface area contributed by atoms with Gasteiger partial charge in [-0.25, -0.2) is 4.39 Å². The molecule has 0 saturated carbocycles. The average molecular weight is 297 g/mol. The summed E-state index contributed by atoms with van der Waals surface area (Å²) in [7, 11) is 0. The van der Waals surface area contributed by atoms with Gasteiger partial charge in [-0.05, 0) is 29.8 Å². The average Bonchev–Trinajstić information content (AvgIpc) is 2.49. The van der Waals surface area contributed by atoms with Crippen molar-refractivity contribution in [1.82, 2.24) is 9.97 Å². The summed E-state index contributed by atoms with van der Waals surface area (Å²) in [6.07, 6.45) is 0. The van der Waals surface area contributed by atoms with Crippen LogP contribution in [0, 0.1) is 5.82 Å². The lowest BCUT2D eigenvalue weighted by Crippen LogP contribution is -2.13. The molecule has 0 aliphatic rings. The number of aromatic nitrogens is 2. The van der Waals surface area contributed by atoms with Crippen LogP contribution in [0.4, 0.5) is 16.0 Å². The zero-order valence-corrected chi connectivity index (χ0v) is 11.4. The first-order valence-electron chi connectivity index (χ1n) is 6.55. The number of nitrogens with zero attached hydrogens (tertiary/aromatic N) is 1. The van der Waals surface area contributed by atoms with Crippen LogP contribution in [-0.4, -0.2) is 15.1 Å². The quantitative estimate of drug-likeness (QED) is 0.694. The van der Waals surface area contributed by atoms with Gasteiger partial charge in [0.2, 0.25) is 11.8 Å². The summed E-state index contributed by atoms with van der Waals surface area (Å²) < 4.78 is 12.9. The highest BCUT2D eigenvalue weighted by atomic mass is 19.1. The molecule has 1 aromatic heterocycles. The summed E-state index contributed by atoms with van der Waals surface area (Å²) in [5.41, 5.74) is 0.592. The third kappa shape index (κ3) is 2.80. The van der Waals surface area contributed by atoms with Crippen molar-refractivity contribution >= 4 is 11.6 Å². The summed E-state index contributed by atoms with van der Waals surface area (Å²) in [5.74, 6) is -0.719. The van der Waals surface area contributed by atoms with Gasteiger partial charge in [-0.15, -0.1) is 0 Å². The molecule has 3 rings (SSSR count). The van der Waals surface area contributed by atoms with Crippen molar-refractivity contribution in [1.29, 1.82) is 0 Å². The minimum absolute atomic E-state index is 0.00129. The van der Waals surface area contributed by atoms with E-state index in [9.17, 15) is 14.3 Å². The van der Waals surface area contributed by atoms with E-state index in [0.29, 0.717) is 5.56 Å². The van der Waals surface area contributed by atoms with Gasteiger partial charge in [0.15, 0.2) is 0 Å². The van der Waals surface area contributed by atoms with Crippen LogP contribution in [0.2, 0.25) is 0 Å². The lowest BCUT2D eigenvalue weighted by atomic mass is 10.1. The summed E-state index contributed by atoms with van der Waals surface area (Å²) in [6, 6.07) is 14.3. The standard InChI is InChI=1S/C16H12FN3O2/c17-11-8-6-10(7-9-11)13-14(21)19-16(20-15(13)22)18-12-4-2-1-3-5-12/h1-9H,(H3,18,19,20,21,22). The Balaban J connectivity index is 1.98. The number of H-pyrrole nitrogens is 1. The lowest BCUT2D eigenvalue weighted by Gasteiger charge is -2.08. The molecule has 0 fully saturated rings. The number of hydrogen-bond donors (Lipinski definition) is 3. The zero-order chi connectivity index (χ0) is 15.5. The molecule has 22 heavy (non-hydrogen) atoms. The van der Waals surface area contributed by atoms with Crippen LogP contribution in [0.3, 0.4) is 0 Å². The van der Waals surface area contributed by atoms with Gasteiger partial charge in [0, 0.05) is 5.69 Å². The topological polar surface area (TPSA) is 78.0 Å². The number of nitrogens with one attached hydrogen (secondary N) is 2. The van der Waals surface area contributed by atoms with E-state index in [1.807, 2.05) is 18.2 Å². The van der Waals surface area contributed by atoms with Gasteiger partial charge in [0.05, 0.1) is 0 Å². The van der Waals surface area contributed by atoms with Crippen molar-refractivity contribution in [2.45, 2.75) is 0 Å². The highest BCUT2D eigenvalue weighted by Crippen LogP contribution is 2.24. The van der Waals surface area contributed by atoms with Crippen LogP contribution in [-0.2, 0) is 0 Å². The van der Waals surface area contributed by atoms with E-state index < -0.39 is 17.3 Å². The number of halogens is 1. The molecular formula is C16H12FN3O2. The van der Waals surface area contributed by atoms with Crippen molar-refractivity contribution in [3.8, 4) is 17.0 Å². The van der Waals surface area contributed by atoms with Crippen molar-refractivity contribution in [3.05, 3.63) is 70.8 Å². The van der Waals surface area contributed by atoms with Crippen molar-refractivity contribution < 1.29 is 9.50 Å². The summed E-state index contributed by atoms with van der Waals surface area (Å²) in [4.78, 5) is 18.6. The van der Waals surface area contributed by atoms with Crippen molar-refractivity contribution in [2.24, 2.45) is 0 Å². The first kappa shape index (κ1) is 13.8. The number of aromatic amines is 1. The smallest absolute Gasteiger partial charge is 0.264 e. The summed E-state index contributed by atoms with van der Waals surface area (Å²) in [6.45, 7) is 0. The molecule has 110 valence electrons. The van der Waals surface area contributed by atoms with Gasteiger partial charge < -0.3 is 10.4 Å². The second-order valence-electron chi connectivity index (χ2n) is 4.61. The maximum atomic E-state index is 12.9. The number of benzene rings is 2. The predicted molar refractivity (Wildman–Crippen MR) is 81.6 cm³/mol. The lowest BCUT2D eigenvalue weighted by molar-refractivity contribution is 0.454. The molecule has 0 spiro atoms. The molecule has 5 nitrogen and oxygen atoms in total. The molecule has 0 radical (unpaired) electrons. The van der Waals surface area contributed by atoms with E-state index in [-0.39, 0.29) is 11.5 Å². The molecule has 0 aliphatic heterocycles. The molecule has 1 heterocycles. The van der Waals surface area contributed by atoms with Crippen LogP contribution >= 0.6 is 0 Å². The number of para-hydroxylation sites is 1. The molecule has 0 aliphatic carbocycles. The molecular weight excluding hydrogens is 285 g/mol. The fourth-order valence-electron chi connectivity index (χ4n) is 2.06. The van der Waals surface area contributed by atoms with E-state index in [0.717, 1.165) is 5.69 Å². The van der Waals surface area contributed by atoms with Crippen LogP contribution in [0.15, 0.2) is 59.4 Å². The Labute approximate surface area is 125 Å². The van der Waals surface area contributed by atoms with E-state index in [4.69, 9.17) is 0 Å². The van der Waals surface area contributed by atoms with Gasteiger partial charge in [0.1, 0.15) is 11.4 Å². The first-order valence-corrected chi connectivity index (χ1v) is 6.55. The third-order valence-corrected chi connectivity index (χ3v) is 3.07. The predicted octanol–water partition coefficient (Wildman–Crippen LogP) is 3.03. The van der Waals surface area contributed by atoms with Crippen LogP contribution in [0.1, 0.15) is 0 Å². The molecule has 3 N–H and O–H groups in total. The monoisotopic (exact) mass is 297 g/mol.